The zero-order chi connectivity index (χ0) is 16.1. The van der Waals surface area contributed by atoms with E-state index in [1.54, 1.807) is 7.11 Å². The van der Waals surface area contributed by atoms with Gasteiger partial charge in [0.15, 0.2) is 0 Å². The molecule has 0 spiro atoms. The number of nitrogens with one attached hydrogen (secondary N) is 1. The fourth-order valence-electron chi connectivity index (χ4n) is 3.05. The molecule has 5 heteroatoms. The monoisotopic (exact) mass is 317 g/mol. The van der Waals surface area contributed by atoms with Gasteiger partial charge in [-0.05, 0) is 31.4 Å². The second kappa shape index (κ2) is 7.79. The highest BCUT2D eigenvalue weighted by Gasteiger charge is 2.23. The van der Waals surface area contributed by atoms with Crippen molar-refractivity contribution in [3.05, 3.63) is 29.8 Å². The van der Waals surface area contributed by atoms with Crippen LogP contribution < -0.4 is 10.1 Å². The number of methoxy groups -OCH3 is 1. The zero-order valence-corrected chi connectivity index (χ0v) is 14.0. The fourth-order valence-corrected chi connectivity index (χ4v) is 3.05. The lowest BCUT2D eigenvalue weighted by Gasteiger charge is -2.35. The molecule has 2 fully saturated rings. The van der Waals surface area contributed by atoms with Gasteiger partial charge in [0, 0.05) is 38.3 Å². The van der Waals surface area contributed by atoms with Gasteiger partial charge in [0.1, 0.15) is 5.75 Å². The summed E-state index contributed by atoms with van der Waals surface area (Å²) in [6.07, 6.45) is 2.64. The number of nitrogens with zero attached hydrogens (tertiary/aromatic N) is 2. The van der Waals surface area contributed by atoms with E-state index >= 15 is 0 Å². The summed E-state index contributed by atoms with van der Waals surface area (Å²) < 4.78 is 5.42. The van der Waals surface area contributed by atoms with Crippen LogP contribution >= 0.6 is 0 Å². The molecule has 1 heterocycles. The minimum Gasteiger partial charge on any atom is -0.496 e. The Morgan fingerprint density at radius 3 is 2.65 bits per heavy atom. The van der Waals surface area contributed by atoms with E-state index in [1.165, 1.54) is 18.4 Å². The SMILES string of the molecule is COc1ccccc1CN1CCN(C(=O)CNCC2CC2)CC1. The van der Waals surface area contributed by atoms with Crippen LogP contribution in [-0.2, 0) is 11.3 Å². The maximum atomic E-state index is 12.2. The number of amides is 1. The number of ether oxygens (including phenoxy) is 1. The van der Waals surface area contributed by atoms with E-state index in [0.717, 1.165) is 50.9 Å². The highest BCUT2D eigenvalue weighted by Crippen LogP contribution is 2.27. The Kier molecular flexibility index (Phi) is 5.51. The first-order chi connectivity index (χ1) is 11.3. The molecular weight excluding hydrogens is 290 g/mol. The number of carbonyl (C=O) groups is 1. The van der Waals surface area contributed by atoms with E-state index in [-0.39, 0.29) is 5.91 Å². The summed E-state index contributed by atoms with van der Waals surface area (Å²) >= 11 is 0. The number of hydrogen-bond acceptors (Lipinski definition) is 4. The molecule has 5 nitrogen and oxygen atoms in total. The van der Waals surface area contributed by atoms with E-state index in [2.05, 4.69) is 16.3 Å². The van der Waals surface area contributed by atoms with E-state index in [9.17, 15) is 4.79 Å². The Balaban J connectivity index is 1.41. The molecule has 2 aliphatic rings. The lowest BCUT2D eigenvalue weighted by atomic mass is 10.1. The minimum absolute atomic E-state index is 0.239. The average molecular weight is 317 g/mol. The van der Waals surface area contributed by atoms with E-state index < -0.39 is 0 Å². The van der Waals surface area contributed by atoms with E-state index in [4.69, 9.17) is 4.74 Å². The maximum Gasteiger partial charge on any atom is 0.236 e. The van der Waals surface area contributed by atoms with Gasteiger partial charge in [-0.25, -0.2) is 0 Å². The molecule has 0 unspecified atom stereocenters. The molecule has 23 heavy (non-hydrogen) atoms. The van der Waals surface area contributed by atoms with Crippen LogP contribution in [0.5, 0.6) is 5.75 Å². The molecule has 1 aromatic rings. The third kappa shape index (κ3) is 4.69. The molecule has 1 saturated carbocycles. The summed E-state index contributed by atoms with van der Waals surface area (Å²) in [7, 11) is 1.71. The van der Waals surface area contributed by atoms with Gasteiger partial charge in [-0.3, -0.25) is 9.69 Å². The van der Waals surface area contributed by atoms with Gasteiger partial charge >= 0.3 is 0 Å². The molecular formula is C18H27N3O2. The van der Waals surface area contributed by atoms with Crippen LogP contribution in [0.25, 0.3) is 0 Å². The molecule has 1 saturated heterocycles. The van der Waals surface area contributed by atoms with Crippen molar-refractivity contribution < 1.29 is 9.53 Å². The first-order valence-electron chi connectivity index (χ1n) is 8.59. The first-order valence-corrected chi connectivity index (χ1v) is 8.59. The highest BCUT2D eigenvalue weighted by molar-refractivity contribution is 5.78. The van der Waals surface area contributed by atoms with Gasteiger partial charge in [-0.2, -0.15) is 0 Å². The largest absolute Gasteiger partial charge is 0.496 e. The van der Waals surface area contributed by atoms with Gasteiger partial charge in [0.2, 0.25) is 5.91 Å². The summed E-state index contributed by atoms with van der Waals surface area (Å²) in [5, 5.41) is 3.29. The van der Waals surface area contributed by atoms with E-state index in [0.29, 0.717) is 6.54 Å². The minimum atomic E-state index is 0.239. The zero-order valence-electron chi connectivity index (χ0n) is 14.0. The first kappa shape index (κ1) is 16.3. The molecule has 1 amide bonds. The van der Waals surface area contributed by atoms with Crippen molar-refractivity contribution >= 4 is 5.91 Å². The second-order valence-corrected chi connectivity index (χ2v) is 6.54. The Morgan fingerprint density at radius 2 is 1.96 bits per heavy atom. The molecule has 0 atom stereocenters. The van der Waals surface area contributed by atoms with Crippen molar-refractivity contribution in [3.63, 3.8) is 0 Å². The summed E-state index contributed by atoms with van der Waals surface area (Å²) in [6, 6.07) is 8.15. The third-order valence-electron chi connectivity index (χ3n) is 4.72. The summed E-state index contributed by atoms with van der Waals surface area (Å²) in [4.78, 5) is 16.6. The van der Waals surface area contributed by atoms with Crippen LogP contribution in [0.15, 0.2) is 24.3 Å². The van der Waals surface area contributed by atoms with Gasteiger partial charge in [0.25, 0.3) is 0 Å². The Labute approximate surface area is 138 Å². The van der Waals surface area contributed by atoms with Crippen molar-refractivity contribution in [3.8, 4) is 5.75 Å². The van der Waals surface area contributed by atoms with Crippen molar-refractivity contribution in [2.24, 2.45) is 5.92 Å². The molecule has 1 aromatic carbocycles. The van der Waals surface area contributed by atoms with Crippen LogP contribution in [0.3, 0.4) is 0 Å². The van der Waals surface area contributed by atoms with Crippen molar-refractivity contribution in [1.29, 1.82) is 0 Å². The standard InChI is InChI=1S/C18H27N3O2/c1-23-17-5-3-2-4-16(17)14-20-8-10-21(11-9-20)18(22)13-19-12-15-6-7-15/h2-5,15,19H,6-14H2,1H3. The van der Waals surface area contributed by atoms with Gasteiger partial charge in [-0.15, -0.1) is 0 Å². The van der Waals surface area contributed by atoms with E-state index in [1.807, 2.05) is 23.1 Å². The van der Waals surface area contributed by atoms with Gasteiger partial charge in [-0.1, -0.05) is 18.2 Å². The molecule has 0 aromatic heterocycles. The average Bonchev–Trinajstić information content (AvgIpc) is 3.40. The molecule has 0 bridgehead atoms. The third-order valence-corrected chi connectivity index (χ3v) is 4.72. The van der Waals surface area contributed by atoms with Crippen LogP contribution in [0.2, 0.25) is 0 Å². The molecule has 1 aliphatic carbocycles. The number of piperazine rings is 1. The topological polar surface area (TPSA) is 44.8 Å². The number of carbonyl (C=O) groups excluding carboxylic acids is 1. The lowest BCUT2D eigenvalue weighted by Crippen LogP contribution is -2.50. The fraction of sp³-hybridized carbons (Fsp3) is 0.611. The van der Waals surface area contributed by atoms with Crippen LogP contribution in [0.1, 0.15) is 18.4 Å². The molecule has 3 rings (SSSR count). The predicted molar refractivity (Wildman–Crippen MR) is 90.4 cm³/mol. The second-order valence-electron chi connectivity index (χ2n) is 6.54. The Morgan fingerprint density at radius 1 is 1.22 bits per heavy atom. The molecule has 1 aliphatic heterocycles. The normalized spacial score (nSPS) is 18.9. The highest BCUT2D eigenvalue weighted by atomic mass is 16.5. The van der Waals surface area contributed by atoms with Gasteiger partial charge in [0.05, 0.1) is 13.7 Å². The quantitative estimate of drug-likeness (QED) is 0.824. The van der Waals surface area contributed by atoms with Crippen LogP contribution in [0, 0.1) is 5.92 Å². The number of para-hydroxylation sites is 1. The van der Waals surface area contributed by atoms with Crippen LogP contribution in [0.4, 0.5) is 0 Å². The Bertz CT molecular complexity index is 523. The number of hydrogen-bond donors (Lipinski definition) is 1. The predicted octanol–water partition coefficient (Wildman–Crippen LogP) is 1.34. The molecule has 0 radical (unpaired) electrons. The Hall–Kier alpha value is -1.59. The van der Waals surface area contributed by atoms with Crippen molar-refractivity contribution in [2.75, 3.05) is 46.4 Å². The van der Waals surface area contributed by atoms with Crippen molar-refractivity contribution in [1.82, 2.24) is 15.1 Å². The van der Waals surface area contributed by atoms with Crippen LogP contribution in [-0.4, -0.2) is 62.1 Å². The molecule has 1 N–H and O–H groups in total. The van der Waals surface area contributed by atoms with Gasteiger partial charge < -0.3 is 15.0 Å². The smallest absolute Gasteiger partial charge is 0.236 e. The maximum absolute atomic E-state index is 12.2. The number of benzene rings is 1. The lowest BCUT2D eigenvalue weighted by molar-refractivity contribution is -0.132. The summed E-state index contributed by atoms with van der Waals surface area (Å²) in [5.74, 6) is 2.00. The van der Waals surface area contributed by atoms with Crippen molar-refractivity contribution in [2.45, 2.75) is 19.4 Å². The summed E-state index contributed by atoms with van der Waals surface area (Å²) in [6.45, 7) is 5.85. The molecule has 126 valence electrons. The number of rotatable bonds is 7. The summed E-state index contributed by atoms with van der Waals surface area (Å²) in [5.41, 5.74) is 1.21.